The zero-order valence-corrected chi connectivity index (χ0v) is 17.7. The molecule has 29 heavy (non-hydrogen) atoms. The smallest absolute Gasteiger partial charge is 0.226 e. The van der Waals surface area contributed by atoms with Gasteiger partial charge in [0, 0.05) is 12.1 Å². The molecule has 4 aliphatic carbocycles. The van der Waals surface area contributed by atoms with E-state index in [4.69, 9.17) is 0 Å². The Hall–Kier alpha value is -1.42. The van der Waals surface area contributed by atoms with Crippen LogP contribution in [-0.2, 0) is 10.2 Å². The first-order valence-electron chi connectivity index (χ1n) is 11.6. The highest BCUT2D eigenvalue weighted by molar-refractivity contribution is 5.84. The summed E-state index contributed by atoms with van der Waals surface area (Å²) in [6, 6.07) is 11.5. The minimum Gasteiger partial charge on any atom is -0.353 e. The minimum absolute atomic E-state index is 0.00274. The highest BCUT2D eigenvalue weighted by atomic mass is 19.1. The van der Waals surface area contributed by atoms with Crippen LogP contribution >= 0.6 is 0 Å². The molecule has 3 nitrogen and oxygen atoms in total. The standard InChI is InChI=1S/C25H35FN2O/c1-18-11-21(7-10-27-18)28-22(29)25-14-19-12-23(16-25,8-9-26)15-24(13-19,17-25)20-5-3-2-4-6-20/h2-6,18-19,21,27H,7-17H2,1H3,(H,28,29)/t18-,19?,21-,23+,24+,25?/m0/s1. The molecule has 6 rings (SSSR count). The van der Waals surface area contributed by atoms with Gasteiger partial charge in [-0.2, -0.15) is 0 Å². The second-order valence-corrected chi connectivity index (χ2v) is 10.9. The SMILES string of the molecule is C[C@H]1C[C@@H](NC(=O)C23CC4C[C@@](CCF)(C2)C[C@](c2ccccc2)(C4)C3)CCN1. The van der Waals surface area contributed by atoms with Crippen molar-refractivity contribution in [3.8, 4) is 0 Å². The van der Waals surface area contributed by atoms with Gasteiger partial charge in [-0.05, 0) is 93.6 Å². The van der Waals surface area contributed by atoms with Crippen LogP contribution in [0.5, 0.6) is 0 Å². The lowest BCUT2D eigenvalue weighted by Gasteiger charge is -2.66. The van der Waals surface area contributed by atoms with Crippen LogP contribution in [0, 0.1) is 16.7 Å². The molecule has 4 heteroatoms. The fourth-order valence-corrected chi connectivity index (χ4v) is 8.09. The topological polar surface area (TPSA) is 41.1 Å². The monoisotopic (exact) mass is 398 g/mol. The Morgan fingerprint density at radius 1 is 1.17 bits per heavy atom. The third kappa shape index (κ3) is 3.32. The Morgan fingerprint density at radius 3 is 2.76 bits per heavy atom. The van der Waals surface area contributed by atoms with Gasteiger partial charge in [0.15, 0.2) is 0 Å². The van der Waals surface area contributed by atoms with Gasteiger partial charge < -0.3 is 10.6 Å². The first-order valence-corrected chi connectivity index (χ1v) is 11.6. The van der Waals surface area contributed by atoms with E-state index in [9.17, 15) is 9.18 Å². The van der Waals surface area contributed by atoms with Gasteiger partial charge in [0.1, 0.15) is 0 Å². The number of hydrogen-bond donors (Lipinski definition) is 2. The van der Waals surface area contributed by atoms with Crippen LogP contribution in [0.2, 0.25) is 0 Å². The van der Waals surface area contributed by atoms with Gasteiger partial charge in [-0.15, -0.1) is 0 Å². The fraction of sp³-hybridized carbons (Fsp3) is 0.720. The number of carbonyl (C=O) groups is 1. The Bertz CT molecular complexity index is 769. The number of hydrogen-bond acceptors (Lipinski definition) is 2. The molecule has 5 aliphatic rings. The highest BCUT2D eigenvalue weighted by Gasteiger charge is 2.65. The third-order valence-electron chi connectivity index (χ3n) is 8.64. The summed E-state index contributed by atoms with van der Waals surface area (Å²) in [4.78, 5) is 13.8. The van der Waals surface area contributed by atoms with Crippen molar-refractivity contribution in [2.24, 2.45) is 16.7 Å². The Labute approximate surface area is 174 Å². The largest absolute Gasteiger partial charge is 0.353 e. The van der Waals surface area contributed by atoms with Crippen LogP contribution < -0.4 is 10.6 Å². The molecular formula is C25H35FN2O. The quantitative estimate of drug-likeness (QED) is 0.766. The summed E-state index contributed by atoms with van der Waals surface area (Å²) in [6.07, 6.45) is 8.82. The Kier molecular flexibility index (Phi) is 4.77. The van der Waals surface area contributed by atoms with Crippen molar-refractivity contribution < 1.29 is 9.18 Å². The van der Waals surface area contributed by atoms with E-state index in [0.717, 1.165) is 51.5 Å². The number of piperidine rings is 1. The molecular weight excluding hydrogens is 363 g/mol. The molecule has 6 atom stereocenters. The van der Waals surface area contributed by atoms with E-state index in [-0.39, 0.29) is 34.9 Å². The van der Waals surface area contributed by atoms with Gasteiger partial charge in [0.25, 0.3) is 0 Å². The van der Waals surface area contributed by atoms with E-state index in [1.54, 1.807) is 0 Å². The average molecular weight is 399 g/mol. The van der Waals surface area contributed by atoms with Crippen LogP contribution in [0.25, 0.3) is 0 Å². The lowest BCUT2D eigenvalue weighted by Crippen LogP contribution is -2.63. The van der Waals surface area contributed by atoms with Crippen molar-refractivity contribution in [3.05, 3.63) is 35.9 Å². The molecule has 5 fully saturated rings. The van der Waals surface area contributed by atoms with Gasteiger partial charge in [-0.3, -0.25) is 9.18 Å². The first kappa shape index (κ1) is 19.5. The number of nitrogens with one attached hydrogen (secondary N) is 2. The molecule has 0 spiro atoms. The molecule has 1 aliphatic heterocycles. The fourth-order valence-electron chi connectivity index (χ4n) is 8.09. The van der Waals surface area contributed by atoms with Crippen molar-refractivity contribution >= 4 is 5.91 Å². The van der Waals surface area contributed by atoms with Crippen molar-refractivity contribution in [2.75, 3.05) is 13.2 Å². The lowest BCUT2D eigenvalue weighted by molar-refractivity contribution is -0.165. The van der Waals surface area contributed by atoms with Gasteiger partial charge in [-0.25, -0.2) is 0 Å². The average Bonchev–Trinajstić information content (AvgIpc) is 2.68. The molecule has 1 amide bonds. The third-order valence-corrected chi connectivity index (χ3v) is 8.64. The van der Waals surface area contributed by atoms with Crippen LogP contribution in [-0.4, -0.2) is 31.2 Å². The number of amides is 1. The number of benzene rings is 1. The number of alkyl halides is 1. The van der Waals surface area contributed by atoms with Gasteiger partial charge in [0.2, 0.25) is 5.91 Å². The molecule has 2 unspecified atom stereocenters. The normalized spacial score (nSPS) is 43.3. The summed E-state index contributed by atoms with van der Waals surface area (Å²) in [6.45, 7) is 2.91. The van der Waals surface area contributed by atoms with Crippen LogP contribution in [0.15, 0.2) is 30.3 Å². The summed E-state index contributed by atoms with van der Waals surface area (Å²) in [7, 11) is 0. The predicted molar refractivity (Wildman–Crippen MR) is 113 cm³/mol. The minimum atomic E-state index is -0.307. The molecule has 0 radical (unpaired) electrons. The number of carbonyl (C=O) groups excluding carboxylic acids is 1. The van der Waals surface area contributed by atoms with Crippen LogP contribution in [0.4, 0.5) is 4.39 Å². The summed E-state index contributed by atoms with van der Waals surface area (Å²) >= 11 is 0. The Balaban J connectivity index is 1.47. The molecule has 1 saturated heterocycles. The maximum Gasteiger partial charge on any atom is 0.226 e. The predicted octanol–water partition coefficient (Wildman–Crippen LogP) is 4.51. The molecule has 1 heterocycles. The van der Waals surface area contributed by atoms with Crippen molar-refractivity contribution in [1.82, 2.24) is 10.6 Å². The van der Waals surface area contributed by atoms with Gasteiger partial charge in [0.05, 0.1) is 12.1 Å². The maximum absolute atomic E-state index is 13.8. The lowest BCUT2D eigenvalue weighted by atomic mass is 9.38. The molecule has 1 aromatic rings. The van der Waals surface area contributed by atoms with E-state index in [1.807, 2.05) is 0 Å². The zero-order valence-electron chi connectivity index (χ0n) is 17.7. The molecule has 0 aromatic heterocycles. The van der Waals surface area contributed by atoms with Gasteiger partial charge in [-0.1, -0.05) is 30.3 Å². The van der Waals surface area contributed by atoms with Crippen LogP contribution in [0.1, 0.15) is 70.3 Å². The highest BCUT2D eigenvalue weighted by Crippen LogP contribution is 2.71. The van der Waals surface area contributed by atoms with Crippen molar-refractivity contribution in [2.45, 2.75) is 82.2 Å². The van der Waals surface area contributed by atoms with E-state index in [0.29, 0.717) is 18.4 Å². The molecule has 4 bridgehead atoms. The summed E-state index contributed by atoms with van der Waals surface area (Å²) < 4.78 is 13.7. The second kappa shape index (κ2) is 7.08. The summed E-state index contributed by atoms with van der Waals surface area (Å²) in [5, 5.41) is 6.94. The number of rotatable bonds is 5. The molecule has 158 valence electrons. The van der Waals surface area contributed by atoms with E-state index >= 15 is 0 Å². The summed E-state index contributed by atoms with van der Waals surface area (Å²) in [5.41, 5.74) is 1.12. The van der Waals surface area contributed by atoms with E-state index in [2.05, 4.69) is 47.9 Å². The molecule has 4 saturated carbocycles. The molecule has 1 aromatic carbocycles. The van der Waals surface area contributed by atoms with E-state index in [1.165, 1.54) is 12.0 Å². The van der Waals surface area contributed by atoms with Crippen molar-refractivity contribution in [1.29, 1.82) is 0 Å². The summed E-state index contributed by atoms with van der Waals surface area (Å²) in [5.74, 6) is 0.819. The maximum atomic E-state index is 13.8. The van der Waals surface area contributed by atoms with Crippen LogP contribution in [0.3, 0.4) is 0 Å². The number of halogens is 1. The second-order valence-electron chi connectivity index (χ2n) is 10.9. The zero-order chi connectivity index (χ0) is 20.1. The molecule has 2 N–H and O–H groups in total. The first-order chi connectivity index (χ1) is 14.0. The van der Waals surface area contributed by atoms with Gasteiger partial charge >= 0.3 is 0 Å². The van der Waals surface area contributed by atoms with E-state index < -0.39 is 0 Å². The van der Waals surface area contributed by atoms with Crippen molar-refractivity contribution in [3.63, 3.8) is 0 Å². The Morgan fingerprint density at radius 2 is 2.00 bits per heavy atom.